The predicted molar refractivity (Wildman–Crippen MR) is 82.6 cm³/mol. The van der Waals surface area contributed by atoms with Crippen molar-refractivity contribution >= 4 is 17.3 Å². The first-order valence-electron chi connectivity index (χ1n) is 7.54. The molecule has 3 rings (SSSR count). The van der Waals surface area contributed by atoms with Crippen LogP contribution in [0.15, 0.2) is 29.4 Å². The number of para-hydroxylation sites is 1. The van der Waals surface area contributed by atoms with E-state index in [1.54, 1.807) is 6.92 Å². The number of nitrogens with one attached hydrogen (secondary N) is 1. The van der Waals surface area contributed by atoms with Crippen LogP contribution in [-0.4, -0.2) is 37.4 Å². The van der Waals surface area contributed by atoms with E-state index in [1.165, 1.54) is 5.56 Å². The first-order chi connectivity index (χ1) is 10.2. The van der Waals surface area contributed by atoms with Crippen molar-refractivity contribution in [3.8, 4) is 0 Å². The van der Waals surface area contributed by atoms with E-state index >= 15 is 0 Å². The van der Waals surface area contributed by atoms with E-state index in [0.29, 0.717) is 12.3 Å². The highest BCUT2D eigenvalue weighted by atomic mass is 16.5. The minimum Gasteiger partial charge on any atom is -0.376 e. The normalized spacial score (nSPS) is 21.5. The van der Waals surface area contributed by atoms with E-state index in [9.17, 15) is 4.79 Å². The van der Waals surface area contributed by atoms with Crippen LogP contribution in [0.1, 0.15) is 25.3 Å². The second-order valence-corrected chi connectivity index (χ2v) is 5.53. The van der Waals surface area contributed by atoms with E-state index in [1.807, 2.05) is 23.2 Å². The lowest BCUT2D eigenvalue weighted by Crippen LogP contribution is -2.36. The number of hydrogen-bond donors (Lipinski definition) is 1. The third-order valence-corrected chi connectivity index (χ3v) is 3.98. The van der Waals surface area contributed by atoms with Gasteiger partial charge in [0.15, 0.2) is 0 Å². The number of carbonyl (C=O) groups excluding carboxylic acids is 1. The van der Waals surface area contributed by atoms with Gasteiger partial charge >= 0.3 is 0 Å². The lowest BCUT2D eigenvalue weighted by atomic mass is 10.2. The van der Waals surface area contributed by atoms with Gasteiger partial charge in [-0.2, -0.15) is 5.10 Å². The summed E-state index contributed by atoms with van der Waals surface area (Å²) in [5.41, 5.74) is 2.88. The number of hydrogen-bond acceptors (Lipinski definition) is 4. The van der Waals surface area contributed by atoms with Crippen molar-refractivity contribution < 1.29 is 9.53 Å². The standard InChI is InChI=1S/C16H21N3O2/c1-12(16(20)17-11-14-6-4-10-21-14)18-19-9-8-13-5-2-3-7-15(13)19/h2-3,5,7,14H,4,6,8-11H2,1H3,(H,17,20). The molecule has 2 heterocycles. The quantitative estimate of drug-likeness (QED) is 0.858. The molecule has 1 aromatic rings. The number of carbonyl (C=O) groups is 1. The van der Waals surface area contributed by atoms with E-state index in [0.717, 1.165) is 38.1 Å². The number of hydrazone groups is 1. The maximum Gasteiger partial charge on any atom is 0.267 e. The molecule has 5 nitrogen and oxygen atoms in total. The summed E-state index contributed by atoms with van der Waals surface area (Å²) in [6.45, 7) is 3.96. The van der Waals surface area contributed by atoms with Crippen LogP contribution < -0.4 is 10.3 Å². The maximum absolute atomic E-state index is 12.1. The smallest absolute Gasteiger partial charge is 0.267 e. The zero-order valence-corrected chi connectivity index (χ0v) is 12.3. The predicted octanol–water partition coefficient (Wildman–Crippen LogP) is 1.72. The summed E-state index contributed by atoms with van der Waals surface area (Å²) in [5, 5.41) is 9.27. The number of benzene rings is 1. The van der Waals surface area contributed by atoms with Gasteiger partial charge in [-0.15, -0.1) is 0 Å². The fourth-order valence-electron chi connectivity index (χ4n) is 2.79. The fraction of sp³-hybridized carbons (Fsp3) is 0.500. The van der Waals surface area contributed by atoms with Gasteiger partial charge in [0.05, 0.1) is 11.8 Å². The van der Waals surface area contributed by atoms with Gasteiger partial charge in [-0.3, -0.25) is 9.80 Å². The molecule has 2 aliphatic rings. The summed E-state index contributed by atoms with van der Waals surface area (Å²) in [6.07, 6.45) is 3.24. The Morgan fingerprint density at radius 3 is 3.14 bits per heavy atom. The summed E-state index contributed by atoms with van der Waals surface area (Å²) >= 11 is 0. The van der Waals surface area contributed by atoms with Crippen LogP contribution in [0.4, 0.5) is 5.69 Å². The second-order valence-electron chi connectivity index (χ2n) is 5.53. The zero-order chi connectivity index (χ0) is 14.7. The molecule has 2 aliphatic heterocycles. The number of rotatable bonds is 4. The van der Waals surface area contributed by atoms with Crippen molar-refractivity contribution in [2.75, 3.05) is 24.7 Å². The van der Waals surface area contributed by atoms with E-state index in [2.05, 4.69) is 16.5 Å². The van der Waals surface area contributed by atoms with E-state index < -0.39 is 0 Å². The van der Waals surface area contributed by atoms with Gasteiger partial charge in [-0.1, -0.05) is 18.2 Å². The van der Waals surface area contributed by atoms with Crippen LogP contribution in [0.5, 0.6) is 0 Å². The minimum atomic E-state index is -0.116. The van der Waals surface area contributed by atoms with Crippen LogP contribution in [0, 0.1) is 0 Å². The molecule has 1 atom stereocenters. The highest BCUT2D eigenvalue weighted by Crippen LogP contribution is 2.27. The van der Waals surface area contributed by atoms with Crippen molar-refractivity contribution in [2.24, 2.45) is 5.10 Å². The maximum atomic E-state index is 12.1. The monoisotopic (exact) mass is 287 g/mol. The SMILES string of the molecule is CC(=NN1CCc2ccccc21)C(=O)NCC1CCCO1. The molecular formula is C16H21N3O2. The Kier molecular flexibility index (Phi) is 4.20. The highest BCUT2D eigenvalue weighted by molar-refractivity contribution is 6.38. The van der Waals surface area contributed by atoms with E-state index in [4.69, 9.17) is 4.74 Å². The second kappa shape index (κ2) is 6.26. The van der Waals surface area contributed by atoms with Gasteiger partial charge in [0.25, 0.3) is 5.91 Å². The molecule has 0 bridgehead atoms. The molecule has 0 aliphatic carbocycles. The van der Waals surface area contributed by atoms with E-state index in [-0.39, 0.29) is 12.0 Å². The number of anilines is 1. The van der Waals surface area contributed by atoms with Crippen molar-refractivity contribution in [1.82, 2.24) is 5.32 Å². The first kappa shape index (κ1) is 14.1. The van der Waals surface area contributed by atoms with Gasteiger partial charge < -0.3 is 10.1 Å². The summed E-state index contributed by atoms with van der Waals surface area (Å²) in [5.74, 6) is -0.116. The molecule has 0 radical (unpaired) electrons. The highest BCUT2D eigenvalue weighted by Gasteiger charge is 2.20. The first-order valence-corrected chi connectivity index (χ1v) is 7.54. The van der Waals surface area contributed by atoms with Crippen molar-refractivity contribution in [1.29, 1.82) is 0 Å². The van der Waals surface area contributed by atoms with Gasteiger partial charge in [-0.05, 0) is 37.8 Å². The Morgan fingerprint density at radius 1 is 1.48 bits per heavy atom. The molecule has 1 N–H and O–H groups in total. The molecule has 1 aromatic carbocycles. The molecule has 21 heavy (non-hydrogen) atoms. The van der Waals surface area contributed by atoms with Crippen LogP contribution >= 0.6 is 0 Å². The third kappa shape index (κ3) is 3.24. The van der Waals surface area contributed by atoms with Gasteiger partial charge in [0.2, 0.25) is 0 Å². The summed E-state index contributed by atoms with van der Waals surface area (Å²) in [6, 6.07) is 8.19. The van der Waals surface area contributed by atoms with Crippen LogP contribution in [0.25, 0.3) is 0 Å². The van der Waals surface area contributed by atoms with Crippen LogP contribution in [0.2, 0.25) is 0 Å². The molecule has 5 heteroatoms. The Labute approximate surface area is 125 Å². The van der Waals surface area contributed by atoms with Crippen molar-refractivity contribution in [3.63, 3.8) is 0 Å². The summed E-state index contributed by atoms with van der Waals surface area (Å²) < 4.78 is 5.50. The lowest BCUT2D eigenvalue weighted by molar-refractivity contribution is -0.115. The zero-order valence-electron chi connectivity index (χ0n) is 12.3. The molecule has 0 aromatic heterocycles. The van der Waals surface area contributed by atoms with Gasteiger partial charge in [-0.25, -0.2) is 0 Å². The fourth-order valence-corrected chi connectivity index (χ4v) is 2.79. The average molecular weight is 287 g/mol. The van der Waals surface area contributed by atoms with Crippen molar-refractivity contribution in [2.45, 2.75) is 32.3 Å². The van der Waals surface area contributed by atoms with Gasteiger partial charge in [0, 0.05) is 19.7 Å². The Morgan fingerprint density at radius 2 is 2.33 bits per heavy atom. The topological polar surface area (TPSA) is 53.9 Å². The van der Waals surface area contributed by atoms with Gasteiger partial charge in [0.1, 0.15) is 5.71 Å². The average Bonchev–Trinajstić information content (AvgIpc) is 3.15. The Balaban J connectivity index is 1.59. The van der Waals surface area contributed by atoms with Crippen molar-refractivity contribution in [3.05, 3.63) is 29.8 Å². The third-order valence-electron chi connectivity index (χ3n) is 3.98. The molecular weight excluding hydrogens is 266 g/mol. The number of amides is 1. The number of nitrogens with zero attached hydrogens (tertiary/aromatic N) is 2. The molecule has 0 saturated carbocycles. The van der Waals surface area contributed by atoms with Crippen LogP contribution in [0.3, 0.4) is 0 Å². The number of fused-ring (bicyclic) bond motifs is 1. The molecule has 0 spiro atoms. The molecule has 1 unspecified atom stereocenters. The molecule has 1 amide bonds. The molecule has 1 saturated heterocycles. The Bertz CT molecular complexity index is 550. The largest absolute Gasteiger partial charge is 0.376 e. The Hall–Kier alpha value is -1.88. The number of ether oxygens (including phenoxy) is 1. The molecule has 1 fully saturated rings. The molecule has 112 valence electrons. The summed E-state index contributed by atoms with van der Waals surface area (Å²) in [7, 11) is 0. The summed E-state index contributed by atoms with van der Waals surface area (Å²) in [4.78, 5) is 12.1. The van der Waals surface area contributed by atoms with Crippen LogP contribution in [-0.2, 0) is 16.0 Å². The lowest BCUT2D eigenvalue weighted by Gasteiger charge is -2.15. The minimum absolute atomic E-state index is 0.116.